The van der Waals surface area contributed by atoms with Gasteiger partial charge >= 0.3 is 11.9 Å². The minimum atomic E-state index is -1.41. The summed E-state index contributed by atoms with van der Waals surface area (Å²) in [7, 11) is 4.31. The van der Waals surface area contributed by atoms with E-state index in [9.17, 15) is 24.0 Å². The van der Waals surface area contributed by atoms with E-state index < -0.39 is 54.6 Å². The maximum Gasteiger partial charge on any atom is 0.305 e. The van der Waals surface area contributed by atoms with E-state index in [0.29, 0.717) is 5.75 Å². The number of amides is 3. The standard InChI is InChI=1S/C14H23N3O7S2/c1-3-25-26-5-4-10(18)16-9(7-12(21)22)14(24)17-8(6-11(19)20)13(23)15-2/h8-9H,3-7H2,1-2H3,(H,15,23)(H,16,18)(H,17,24)(H,19,20)(H,21,22)/t8-,9-/m0/s1. The molecule has 0 aromatic rings. The van der Waals surface area contributed by atoms with Gasteiger partial charge in [-0.05, 0) is 0 Å². The number of nitrogens with one attached hydrogen (secondary N) is 3. The second-order valence-corrected chi connectivity index (χ2v) is 7.84. The van der Waals surface area contributed by atoms with Crippen molar-refractivity contribution in [2.24, 2.45) is 0 Å². The number of carbonyl (C=O) groups excluding carboxylic acids is 3. The maximum absolute atomic E-state index is 12.2. The van der Waals surface area contributed by atoms with Gasteiger partial charge in [-0.1, -0.05) is 28.5 Å². The Labute approximate surface area is 158 Å². The Morgan fingerprint density at radius 1 is 0.885 bits per heavy atom. The third kappa shape index (κ3) is 10.8. The quantitative estimate of drug-likeness (QED) is 0.198. The summed E-state index contributed by atoms with van der Waals surface area (Å²) in [5.41, 5.74) is 0. The molecule has 12 heteroatoms. The van der Waals surface area contributed by atoms with Crippen LogP contribution >= 0.6 is 21.6 Å². The van der Waals surface area contributed by atoms with Crippen LogP contribution in [-0.4, -0.2) is 70.5 Å². The maximum atomic E-state index is 12.2. The first-order chi connectivity index (χ1) is 12.2. The van der Waals surface area contributed by atoms with E-state index in [1.165, 1.54) is 17.8 Å². The van der Waals surface area contributed by atoms with Gasteiger partial charge < -0.3 is 26.2 Å². The van der Waals surface area contributed by atoms with Gasteiger partial charge in [0.2, 0.25) is 17.7 Å². The summed E-state index contributed by atoms with van der Waals surface area (Å²) < 4.78 is 0. The molecule has 0 heterocycles. The van der Waals surface area contributed by atoms with Gasteiger partial charge in [-0.3, -0.25) is 24.0 Å². The van der Waals surface area contributed by atoms with Crippen molar-refractivity contribution in [2.75, 3.05) is 18.6 Å². The van der Waals surface area contributed by atoms with Crippen molar-refractivity contribution < 1.29 is 34.2 Å². The van der Waals surface area contributed by atoms with Crippen LogP contribution in [0.3, 0.4) is 0 Å². The molecule has 26 heavy (non-hydrogen) atoms. The molecule has 5 N–H and O–H groups in total. The van der Waals surface area contributed by atoms with Crippen molar-refractivity contribution in [2.45, 2.75) is 38.3 Å². The summed E-state index contributed by atoms with van der Waals surface area (Å²) in [6, 6.07) is -2.79. The van der Waals surface area contributed by atoms with E-state index in [0.717, 1.165) is 5.75 Å². The molecule has 0 fully saturated rings. The summed E-state index contributed by atoms with van der Waals surface area (Å²) >= 11 is 0. The van der Waals surface area contributed by atoms with Crippen LogP contribution in [0.25, 0.3) is 0 Å². The first kappa shape index (κ1) is 24.1. The molecular weight excluding hydrogens is 386 g/mol. The van der Waals surface area contributed by atoms with Crippen LogP contribution in [-0.2, 0) is 24.0 Å². The number of rotatable bonds is 13. The van der Waals surface area contributed by atoms with E-state index in [-0.39, 0.29) is 6.42 Å². The van der Waals surface area contributed by atoms with Crippen LogP contribution in [0.4, 0.5) is 0 Å². The van der Waals surface area contributed by atoms with Gasteiger partial charge in [-0.2, -0.15) is 0 Å². The molecule has 0 aliphatic rings. The number of carboxylic acids is 2. The van der Waals surface area contributed by atoms with Crippen molar-refractivity contribution >= 4 is 51.2 Å². The summed E-state index contributed by atoms with van der Waals surface area (Å²) in [4.78, 5) is 57.5. The average molecular weight is 409 g/mol. The van der Waals surface area contributed by atoms with Crippen LogP contribution in [0, 0.1) is 0 Å². The summed E-state index contributed by atoms with van der Waals surface area (Å²) in [6.45, 7) is 1.96. The van der Waals surface area contributed by atoms with Crippen LogP contribution < -0.4 is 16.0 Å². The SMILES string of the molecule is CCSSCCC(=O)N[C@@H](CC(=O)O)C(=O)N[C@@H](CC(=O)O)C(=O)NC. The number of hydrogen-bond donors (Lipinski definition) is 5. The number of hydrogen-bond acceptors (Lipinski definition) is 7. The number of aliphatic carboxylic acids is 2. The molecule has 3 amide bonds. The highest BCUT2D eigenvalue weighted by Crippen LogP contribution is 2.20. The van der Waals surface area contributed by atoms with Crippen LogP contribution in [0.15, 0.2) is 0 Å². The lowest BCUT2D eigenvalue weighted by Gasteiger charge is -2.21. The molecule has 0 saturated heterocycles. The zero-order valence-corrected chi connectivity index (χ0v) is 16.1. The van der Waals surface area contributed by atoms with Crippen molar-refractivity contribution in [3.8, 4) is 0 Å². The van der Waals surface area contributed by atoms with Gasteiger partial charge in [0.05, 0.1) is 12.8 Å². The fraction of sp³-hybridized carbons (Fsp3) is 0.643. The first-order valence-electron chi connectivity index (χ1n) is 7.70. The fourth-order valence-corrected chi connectivity index (χ4v) is 3.41. The van der Waals surface area contributed by atoms with Crippen molar-refractivity contribution in [1.82, 2.24) is 16.0 Å². The molecule has 2 atom stereocenters. The van der Waals surface area contributed by atoms with E-state index in [1.807, 2.05) is 6.92 Å². The molecule has 0 radical (unpaired) electrons. The van der Waals surface area contributed by atoms with E-state index in [1.54, 1.807) is 10.8 Å². The molecular formula is C14H23N3O7S2. The number of carboxylic acid groups (broad SMARTS) is 2. The molecule has 0 aromatic heterocycles. The molecule has 148 valence electrons. The predicted octanol–water partition coefficient (Wildman–Crippen LogP) is -0.557. The summed E-state index contributed by atoms with van der Waals surface area (Å²) in [5.74, 6) is -3.46. The van der Waals surface area contributed by atoms with Gasteiger partial charge in [0, 0.05) is 25.0 Å². The average Bonchev–Trinajstić information content (AvgIpc) is 2.55. The zero-order chi connectivity index (χ0) is 20.1. The van der Waals surface area contributed by atoms with Gasteiger partial charge in [0.1, 0.15) is 12.1 Å². The van der Waals surface area contributed by atoms with Crippen molar-refractivity contribution in [3.63, 3.8) is 0 Å². The monoisotopic (exact) mass is 409 g/mol. The molecule has 0 spiro atoms. The fourth-order valence-electron chi connectivity index (χ4n) is 1.76. The Morgan fingerprint density at radius 2 is 1.42 bits per heavy atom. The Morgan fingerprint density at radius 3 is 1.88 bits per heavy atom. The molecule has 0 saturated carbocycles. The Balaban J connectivity index is 4.89. The summed E-state index contributed by atoms with van der Waals surface area (Å²) in [6.07, 6.45) is -1.28. The molecule has 0 aromatic carbocycles. The van der Waals surface area contributed by atoms with E-state index in [4.69, 9.17) is 10.2 Å². The zero-order valence-electron chi connectivity index (χ0n) is 14.4. The Hall–Kier alpha value is -1.95. The molecule has 10 nitrogen and oxygen atoms in total. The molecule has 0 aliphatic heterocycles. The van der Waals surface area contributed by atoms with E-state index >= 15 is 0 Å². The lowest BCUT2D eigenvalue weighted by atomic mass is 10.1. The molecule has 0 rings (SSSR count). The van der Waals surface area contributed by atoms with Crippen molar-refractivity contribution in [1.29, 1.82) is 0 Å². The van der Waals surface area contributed by atoms with Crippen LogP contribution in [0.1, 0.15) is 26.2 Å². The van der Waals surface area contributed by atoms with Crippen LogP contribution in [0.2, 0.25) is 0 Å². The molecule has 0 unspecified atom stereocenters. The highest BCUT2D eigenvalue weighted by atomic mass is 33.1. The molecule has 0 bridgehead atoms. The van der Waals surface area contributed by atoms with Gasteiger partial charge in [0.25, 0.3) is 0 Å². The second kappa shape index (κ2) is 13.3. The minimum Gasteiger partial charge on any atom is -0.481 e. The molecule has 0 aliphatic carbocycles. The van der Waals surface area contributed by atoms with Gasteiger partial charge in [-0.25, -0.2) is 0 Å². The predicted molar refractivity (Wildman–Crippen MR) is 97.6 cm³/mol. The Bertz CT molecular complexity index is 531. The summed E-state index contributed by atoms with van der Waals surface area (Å²) in [5, 5.41) is 24.4. The number of likely N-dealkylation sites (N-methyl/N-ethyl adjacent to an activating group) is 1. The van der Waals surface area contributed by atoms with Crippen molar-refractivity contribution in [3.05, 3.63) is 0 Å². The largest absolute Gasteiger partial charge is 0.481 e. The lowest BCUT2D eigenvalue weighted by molar-refractivity contribution is -0.143. The normalized spacial score (nSPS) is 12.5. The third-order valence-electron chi connectivity index (χ3n) is 2.90. The highest BCUT2D eigenvalue weighted by molar-refractivity contribution is 8.76. The Kier molecular flexibility index (Phi) is 12.3. The number of carbonyl (C=O) groups is 5. The van der Waals surface area contributed by atoms with Gasteiger partial charge in [-0.15, -0.1) is 0 Å². The van der Waals surface area contributed by atoms with E-state index in [2.05, 4.69) is 16.0 Å². The highest BCUT2D eigenvalue weighted by Gasteiger charge is 2.29. The minimum absolute atomic E-state index is 0.0923. The third-order valence-corrected chi connectivity index (χ3v) is 5.38. The van der Waals surface area contributed by atoms with Gasteiger partial charge in [0.15, 0.2) is 0 Å². The first-order valence-corrected chi connectivity index (χ1v) is 10.2. The lowest BCUT2D eigenvalue weighted by Crippen LogP contribution is -2.54. The smallest absolute Gasteiger partial charge is 0.305 e. The topological polar surface area (TPSA) is 162 Å². The van der Waals surface area contributed by atoms with Crippen LogP contribution in [0.5, 0.6) is 0 Å². The second-order valence-electron chi connectivity index (χ2n) is 4.97.